The SMILES string of the molecule is CC(=O)NCc1ccc(C(=O)OCc2cc(C)cc(C)c2)cc1. The van der Waals surface area contributed by atoms with E-state index >= 15 is 0 Å². The minimum Gasteiger partial charge on any atom is -0.457 e. The molecular formula is C19H21NO3. The van der Waals surface area contributed by atoms with Crippen molar-refractivity contribution in [3.05, 3.63) is 70.3 Å². The molecule has 0 radical (unpaired) electrons. The van der Waals surface area contributed by atoms with E-state index in [1.54, 1.807) is 12.1 Å². The summed E-state index contributed by atoms with van der Waals surface area (Å²) in [5.74, 6) is -0.433. The molecule has 2 aromatic rings. The number of ether oxygens (including phenoxy) is 1. The zero-order valence-corrected chi connectivity index (χ0v) is 13.7. The Morgan fingerprint density at radius 3 is 2.13 bits per heavy atom. The molecule has 2 rings (SSSR count). The highest BCUT2D eigenvalue weighted by molar-refractivity contribution is 5.89. The van der Waals surface area contributed by atoms with Crippen LogP contribution in [0.5, 0.6) is 0 Å². The van der Waals surface area contributed by atoms with Crippen LogP contribution in [-0.2, 0) is 22.7 Å². The highest BCUT2D eigenvalue weighted by Crippen LogP contribution is 2.12. The molecule has 120 valence electrons. The van der Waals surface area contributed by atoms with Gasteiger partial charge in [-0.3, -0.25) is 4.79 Å². The van der Waals surface area contributed by atoms with Crippen molar-refractivity contribution in [2.24, 2.45) is 0 Å². The number of amides is 1. The molecule has 4 heteroatoms. The molecule has 4 nitrogen and oxygen atoms in total. The molecule has 0 aliphatic rings. The van der Waals surface area contributed by atoms with Crippen molar-refractivity contribution in [1.29, 1.82) is 0 Å². The first-order chi connectivity index (χ1) is 10.9. The number of esters is 1. The fourth-order valence-corrected chi connectivity index (χ4v) is 2.37. The fourth-order valence-electron chi connectivity index (χ4n) is 2.37. The van der Waals surface area contributed by atoms with E-state index in [-0.39, 0.29) is 18.5 Å². The molecule has 0 bridgehead atoms. The van der Waals surface area contributed by atoms with Gasteiger partial charge in [-0.2, -0.15) is 0 Å². The highest BCUT2D eigenvalue weighted by Gasteiger charge is 2.08. The quantitative estimate of drug-likeness (QED) is 0.862. The van der Waals surface area contributed by atoms with Crippen LogP contribution in [0.15, 0.2) is 42.5 Å². The molecule has 0 aliphatic carbocycles. The minimum atomic E-state index is -0.352. The van der Waals surface area contributed by atoms with Crippen molar-refractivity contribution < 1.29 is 14.3 Å². The summed E-state index contributed by atoms with van der Waals surface area (Å²) in [6.07, 6.45) is 0. The largest absolute Gasteiger partial charge is 0.457 e. The molecule has 0 saturated heterocycles. The Bertz CT molecular complexity index is 685. The van der Waals surface area contributed by atoms with Crippen LogP contribution in [0.25, 0.3) is 0 Å². The smallest absolute Gasteiger partial charge is 0.338 e. The summed E-state index contributed by atoms with van der Waals surface area (Å²) in [5.41, 5.74) is 4.72. The zero-order chi connectivity index (χ0) is 16.8. The fraction of sp³-hybridized carbons (Fsp3) is 0.263. The molecule has 0 heterocycles. The van der Waals surface area contributed by atoms with E-state index in [0.29, 0.717) is 12.1 Å². The molecular weight excluding hydrogens is 290 g/mol. The Morgan fingerprint density at radius 2 is 1.57 bits per heavy atom. The highest BCUT2D eigenvalue weighted by atomic mass is 16.5. The number of hydrogen-bond acceptors (Lipinski definition) is 3. The van der Waals surface area contributed by atoms with Crippen molar-refractivity contribution in [3.63, 3.8) is 0 Å². The van der Waals surface area contributed by atoms with Crippen LogP contribution < -0.4 is 5.32 Å². The van der Waals surface area contributed by atoms with Crippen LogP contribution in [0.3, 0.4) is 0 Å². The van der Waals surface area contributed by atoms with Crippen LogP contribution in [-0.4, -0.2) is 11.9 Å². The summed E-state index contributed by atoms with van der Waals surface area (Å²) in [6, 6.07) is 13.1. The van der Waals surface area contributed by atoms with E-state index in [1.165, 1.54) is 6.92 Å². The van der Waals surface area contributed by atoms with Gasteiger partial charge >= 0.3 is 5.97 Å². The minimum absolute atomic E-state index is 0.0815. The third-order valence-electron chi connectivity index (χ3n) is 3.38. The number of rotatable bonds is 5. The lowest BCUT2D eigenvalue weighted by Gasteiger charge is -2.08. The first-order valence-electron chi connectivity index (χ1n) is 7.52. The molecule has 0 spiro atoms. The second-order valence-electron chi connectivity index (χ2n) is 5.68. The van der Waals surface area contributed by atoms with E-state index in [2.05, 4.69) is 11.4 Å². The Kier molecular flexibility index (Phi) is 5.52. The second kappa shape index (κ2) is 7.58. The number of benzene rings is 2. The van der Waals surface area contributed by atoms with E-state index in [9.17, 15) is 9.59 Å². The number of carbonyl (C=O) groups is 2. The van der Waals surface area contributed by atoms with Crippen LogP contribution in [0.4, 0.5) is 0 Å². The van der Waals surface area contributed by atoms with E-state index in [4.69, 9.17) is 4.74 Å². The molecule has 1 N–H and O–H groups in total. The summed E-state index contributed by atoms with van der Waals surface area (Å²) >= 11 is 0. The van der Waals surface area contributed by atoms with Gasteiger partial charge in [0.25, 0.3) is 0 Å². The summed E-state index contributed by atoms with van der Waals surface area (Å²) in [6.45, 7) is 6.22. The first-order valence-corrected chi connectivity index (χ1v) is 7.52. The van der Waals surface area contributed by atoms with Gasteiger partial charge in [0.1, 0.15) is 6.61 Å². The molecule has 0 aliphatic heterocycles. The maximum absolute atomic E-state index is 12.1. The lowest BCUT2D eigenvalue weighted by molar-refractivity contribution is -0.119. The van der Waals surface area contributed by atoms with Gasteiger partial charge in [0.15, 0.2) is 0 Å². The third-order valence-corrected chi connectivity index (χ3v) is 3.38. The molecule has 0 unspecified atom stereocenters. The Morgan fingerprint density at radius 1 is 0.957 bits per heavy atom. The Hall–Kier alpha value is -2.62. The van der Waals surface area contributed by atoms with Crippen LogP contribution in [0.2, 0.25) is 0 Å². The van der Waals surface area contributed by atoms with Gasteiger partial charge in [-0.25, -0.2) is 4.79 Å². The van der Waals surface area contributed by atoms with Gasteiger partial charge in [0.2, 0.25) is 5.91 Å². The van der Waals surface area contributed by atoms with Crippen molar-refractivity contribution in [2.45, 2.75) is 33.9 Å². The lowest BCUT2D eigenvalue weighted by atomic mass is 10.1. The van der Waals surface area contributed by atoms with E-state index in [0.717, 1.165) is 22.3 Å². The van der Waals surface area contributed by atoms with Crippen molar-refractivity contribution >= 4 is 11.9 Å². The molecule has 0 atom stereocenters. The number of aryl methyl sites for hydroxylation is 2. The predicted octanol–water partition coefficient (Wildman–Crippen LogP) is 3.30. The molecule has 0 fully saturated rings. The maximum atomic E-state index is 12.1. The molecule has 1 amide bonds. The molecule has 0 saturated carbocycles. The normalized spacial score (nSPS) is 10.2. The standard InChI is InChI=1S/C19H21NO3/c1-13-8-14(2)10-17(9-13)12-23-19(22)18-6-4-16(5-7-18)11-20-15(3)21/h4-10H,11-12H2,1-3H3,(H,20,21). The van der Waals surface area contributed by atoms with Gasteiger partial charge < -0.3 is 10.1 Å². The third kappa shape index (κ3) is 5.25. The Labute approximate surface area is 136 Å². The number of hydrogen-bond donors (Lipinski definition) is 1. The van der Waals surface area contributed by atoms with Crippen LogP contribution in [0.1, 0.15) is 39.5 Å². The summed E-state index contributed by atoms with van der Waals surface area (Å²) in [5, 5.41) is 2.71. The van der Waals surface area contributed by atoms with Crippen molar-refractivity contribution in [3.8, 4) is 0 Å². The summed E-state index contributed by atoms with van der Waals surface area (Å²) in [4.78, 5) is 22.9. The number of nitrogens with one attached hydrogen (secondary N) is 1. The van der Waals surface area contributed by atoms with Crippen LogP contribution in [0, 0.1) is 13.8 Å². The van der Waals surface area contributed by atoms with Gasteiger partial charge in [-0.15, -0.1) is 0 Å². The topological polar surface area (TPSA) is 55.4 Å². The molecule has 23 heavy (non-hydrogen) atoms. The lowest BCUT2D eigenvalue weighted by Crippen LogP contribution is -2.18. The van der Waals surface area contributed by atoms with Gasteiger partial charge in [0.05, 0.1) is 5.56 Å². The second-order valence-corrected chi connectivity index (χ2v) is 5.68. The van der Waals surface area contributed by atoms with E-state index < -0.39 is 0 Å². The average Bonchev–Trinajstić information content (AvgIpc) is 2.50. The monoisotopic (exact) mass is 311 g/mol. The van der Waals surface area contributed by atoms with Crippen LogP contribution >= 0.6 is 0 Å². The maximum Gasteiger partial charge on any atom is 0.338 e. The summed E-state index contributed by atoms with van der Waals surface area (Å²) in [7, 11) is 0. The molecule has 0 aromatic heterocycles. The number of carbonyl (C=O) groups excluding carboxylic acids is 2. The summed E-state index contributed by atoms with van der Waals surface area (Å²) < 4.78 is 5.35. The first kappa shape index (κ1) is 16.7. The zero-order valence-electron chi connectivity index (χ0n) is 13.7. The average molecular weight is 311 g/mol. The van der Waals surface area contributed by atoms with Gasteiger partial charge in [-0.05, 0) is 37.1 Å². The van der Waals surface area contributed by atoms with Crippen molar-refractivity contribution in [1.82, 2.24) is 5.32 Å². The molecule has 2 aromatic carbocycles. The van der Waals surface area contributed by atoms with E-state index in [1.807, 2.05) is 38.1 Å². The van der Waals surface area contributed by atoms with Crippen molar-refractivity contribution in [2.75, 3.05) is 0 Å². The van der Waals surface area contributed by atoms with Gasteiger partial charge in [-0.1, -0.05) is 41.5 Å². The predicted molar refractivity (Wildman–Crippen MR) is 89.0 cm³/mol. The van der Waals surface area contributed by atoms with Gasteiger partial charge in [0, 0.05) is 13.5 Å². The Balaban J connectivity index is 1.93.